The van der Waals surface area contributed by atoms with Crippen LogP contribution in [-0.4, -0.2) is 37.9 Å². The highest BCUT2D eigenvalue weighted by molar-refractivity contribution is 7.87. The predicted octanol–water partition coefficient (Wildman–Crippen LogP) is 1.89. The Hall–Kier alpha value is -1.58. The number of hydrogen-bond donors (Lipinski definition) is 1. The number of carbonyl (C=O) groups is 1. The van der Waals surface area contributed by atoms with Crippen LogP contribution in [0, 0.1) is 11.6 Å². The molecule has 1 saturated heterocycles. The van der Waals surface area contributed by atoms with E-state index in [0.717, 1.165) is 16.4 Å². The van der Waals surface area contributed by atoms with Crippen molar-refractivity contribution in [1.82, 2.24) is 9.03 Å². The summed E-state index contributed by atoms with van der Waals surface area (Å²) in [6.07, 6.45) is 0.934. The Labute approximate surface area is 140 Å². The molecule has 0 aliphatic carbocycles. The van der Waals surface area contributed by atoms with Crippen molar-refractivity contribution in [2.45, 2.75) is 38.8 Å². The summed E-state index contributed by atoms with van der Waals surface area (Å²) in [4.78, 5) is 11.9. The van der Waals surface area contributed by atoms with Crippen molar-refractivity contribution < 1.29 is 26.7 Å². The van der Waals surface area contributed by atoms with Gasteiger partial charge in [0.05, 0.1) is 6.61 Å². The van der Waals surface area contributed by atoms with E-state index in [0.29, 0.717) is 12.8 Å². The quantitative estimate of drug-likeness (QED) is 0.784. The number of nitrogens with zero attached hydrogens (tertiary/aromatic N) is 1. The first-order chi connectivity index (χ1) is 11.3. The molecule has 1 aromatic rings. The molecule has 1 heterocycles. The van der Waals surface area contributed by atoms with Crippen LogP contribution in [0.1, 0.15) is 38.3 Å². The normalized spacial score (nSPS) is 20.1. The van der Waals surface area contributed by atoms with Crippen LogP contribution in [0.15, 0.2) is 18.2 Å². The Balaban J connectivity index is 2.14. The van der Waals surface area contributed by atoms with Crippen LogP contribution >= 0.6 is 0 Å². The van der Waals surface area contributed by atoms with Gasteiger partial charge in [0.15, 0.2) is 11.6 Å². The summed E-state index contributed by atoms with van der Waals surface area (Å²) in [5.74, 6) is -2.64. The zero-order valence-corrected chi connectivity index (χ0v) is 14.3. The molecule has 2 atom stereocenters. The molecule has 1 aromatic carbocycles. The smallest absolute Gasteiger partial charge is 0.324 e. The summed E-state index contributed by atoms with van der Waals surface area (Å²) in [5, 5.41) is 0. The second-order valence-electron chi connectivity index (χ2n) is 5.54. The number of ether oxygens (including phenoxy) is 1. The van der Waals surface area contributed by atoms with Crippen molar-refractivity contribution >= 4 is 16.2 Å². The van der Waals surface area contributed by atoms with E-state index in [4.69, 9.17) is 4.74 Å². The second-order valence-corrected chi connectivity index (χ2v) is 7.19. The van der Waals surface area contributed by atoms with E-state index in [1.54, 1.807) is 6.92 Å². The van der Waals surface area contributed by atoms with Crippen molar-refractivity contribution in [3.63, 3.8) is 0 Å². The molecule has 0 radical (unpaired) electrons. The molecule has 0 amide bonds. The highest BCUT2D eigenvalue weighted by atomic mass is 32.2. The van der Waals surface area contributed by atoms with Gasteiger partial charge in [-0.15, -0.1) is 0 Å². The average Bonchev–Trinajstić information content (AvgIpc) is 3.00. The van der Waals surface area contributed by atoms with E-state index >= 15 is 0 Å². The van der Waals surface area contributed by atoms with E-state index in [1.165, 1.54) is 13.0 Å². The lowest BCUT2D eigenvalue weighted by molar-refractivity contribution is -0.146. The van der Waals surface area contributed by atoms with Crippen molar-refractivity contribution in [3.8, 4) is 0 Å². The third-order valence-corrected chi connectivity index (χ3v) is 5.55. The van der Waals surface area contributed by atoms with Gasteiger partial charge in [-0.3, -0.25) is 4.79 Å². The van der Waals surface area contributed by atoms with E-state index in [2.05, 4.69) is 4.72 Å². The molecule has 0 aromatic heterocycles. The fourth-order valence-electron chi connectivity index (χ4n) is 2.64. The lowest BCUT2D eigenvalue weighted by atomic mass is 10.1. The van der Waals surface area contributed by atoms with Gasteiger partial charge in [-0.2, -0.15) is 17.4 Å². The van der Waals surface area contributed by atoms with Gasteiger partial charge in [-0.25, -0.2) is 8.78 Å². The molecule has 1 fully saturated rings. The highest BCUT2D eigenvalue weighted by Crippen LogP contribution is 2.24. The molecule has 0 bridgehead atoms. The molecule has 6 nitrogen and oxygen atoms in total. The zero-order valence-electron chi connectivity index (χ0n) is 13.5. The van der Waals surface area contributed by atoms with Gasteiger partial charge in [0.25, 0.3) is 10.2 Å². The number of rotatable bonds is 6. The van der Waals surface area contributed by atoms with Crippen LogP contribution in [-0.2, 0) is 19.7 Å². The number of benzene rings is 1. The Bertz CT molecular complexity index is 711. The van der Waals surface area contributed by atoms with Crippen molar-refractivity contribution in [3.05, 3.63) is 35.4 Å². The van der Waals surface area contributed by atoms with Crippen molar-refractivity contribution in [2.75, 3.05) is 13.2 Å². The Morgan fingerprint density at radius 2 is 2.12 bits per heavy atom. The number of carbonyl (C=O) groups excluding carboxylic acids is 1. The lowest BCUT2D eigenvalue weighted by Crippen LogP contribution is -2.47. The first-order valence-corrected chi connectivity index (χ1v) is 9.11. The minimum atomic E-state index is -3.98. The average molecular weight is 362 g/mol. The number of nitrogens with one attached hydrogen (secondary N) is 1. The third kappa shape index (κ3) is 4.08. The van der Waals surface area contributed by atoms with Crippen LogP contribution in [0.2, 0.25) is 0 Å². The van der Waals surface area contributed by atoms with Gasteiger partial charge in [0.1, 0.15) is 6.04 Å². The maximum Gasteiger partial charge on any atom is 0.324 e. The van der Waals surface area contributed by atoms with Gasteiger partial charge >= 0.3 is 5.97 Å². The predicted molar refractivity (Wildman–Crippen MR) is 83.2 cm³/mol. The largest absolute Gasteiger partial charge is 0.465 e. The molecule has 2 rings (SSSR count). The Morgan fingerprint density at radius 1 is 1.42 bits per heavy atom. The van der Waals surface area contributed by atoms with Crippen molar-refractivity contribution in [2.24, 2.45) is 0 Å². The van der Waals surface area contributed by atoms with Crippen LogP contribution in [0.5, 0.6) is 0 Å². The summed E-state index contributed by atoms with van der Waals surface area (Å²) >= 11 is 0. The first-order valence-electron chi connectivity index (χ1n) is 7.67. The maximum atomic E-state index is 13.3. The molecule has 0 spiro atoms. The summed E-state index contributed by atoms with van der Waals surface area (Å²) in [5.41, 5.74) is 0.282. The molecule has 9 heteroatoms. The minimum Gasteiger partial charge on any atom is -0.465 e. The Morgan fingerprint density at radius 3 is 2.75 bits per heavy atom. The Kier molecular flexibility index (Phi) is 5.89. The van der Waals surface area contributed by atoms with Gasteiger partial charge in [0.2, 0.25) is 0 Å². The van der Waals surface area contributed by atoms with Gasteiger partial charge in [-0.05, 0) is 44.4 Å². The standard InChI is InChI=1S/C15H20F2N2O4S/c1-3-23-15(20)14-5-4-8-19(14)24(21,22)18-10(2)11-6-7-12(16)13(17)9-11/h6-7,9-10,14,18H,3-5,8H2,1-2H3/t10-,14-/m0/s1. The molecule has 134 valence electrons. The van der Waals surface area contributed by atoms with E-state index in [9.17, 15) is 22.0 Å². The van der Waals surface area contributed by atoms with Crippen LogP contribution in [0.4, 0.5) is 8.78 Å². The molecule has 1 N–H and O–H groups in total. The molecule has 24 heavy (non-hydrogen) atoms. The number of hydrogen-bond acceptors (Lipinski definition) is 4. The molecule has 0 saturated carbocycles. The summed E-state index contributed by atoms with van der Waals surface area (Å²) in [7, 11) is -3.98. The molecular formula is C15H20F2N2O4S. The third-order valence-electron chi connectivity index (χ3n) is 3.84. The fourth-order valence-corrected chi connectivity index (χ4v) is 4.26. The monoisotopic (exact) mass is 362 g/mol. The van der Waals surface area contributed by atoms with E-state index < -0.39 is 39.9 Å². The molecular weight excluding hydrogens is 342 g/mol. The highest BCUT2D eigenvalue weighted by Gasteiger charge is 2.40. The van der Waals surface area contributed by atoms with Crippen LogP contribution < -0.4 is 4.72 Å². The second kappa shape index (κ2) is 7.54. The summed E-state index contributed by atoms with van der Waals surface area (Å²) in [6, 6.07) is 1.54. The molecule has 0 unspecified atom stereocenters. The van der Waals surface area contributed by atoms with Gasteiger partial charge in [0, 0.05) is 12.6 Å². The first kappa shape index (κ1) is 18.8. The van der Waals surface area contributed by atoms with Gasteiger partial charge < -0.3 is 4.74 Å². The summed E-state index contributed by atoms with van der Waals surface area (Å²) < 4.78 is 59.7. The number of esters is 1. The number of halogens is 2. The van der Waals surface area contributed by atoms with E-state index in [-0.39, 0.29) is 18.7 Å². The minimum absolute atomic E-state index is 0.169. The lowest BCUT2D eigenvalue weighted by Gasteiger charge is -2.25. The van der Waals surface area contributed by atoms with Crippen LogP contribution in [0.3, 0.4) is 0 Å². The van der Waals surface area contributed by atoms with Crippen molar-refractivity contribution in [1.29, 1.82) is 0 Å². The zero-order chi connectivity index (χ0) is 17.9. The molecule has 1 aliphatic rings. The summed E-state index contributed by atoms with van der Waals surface area (Å²) in [6.45, 7) is 3.53. The topological polar surface area (TPSA) is 75.7 Å². The van der Waals surface area contributed by atoms with E-state index in [1.807, 2.05) is 0 Å². The fraction of sp³-hybridized carbons (Fsp3) is 0.533. The molecule has 1 aliphatic heterocycles. The SMILES string of the molecule is CCOC(=O)[C@@H]1CCCN1S(=O)(=O)N[C@@H](C)c1ccc(F)c(F)c1. The van der Waals surface area contributed by atoms with Gasteiger partial charge in [-0.1, -0.05) is 6.07 Å². The maximum absolute atomic E-state index is 13.3. The van der Waals surface area contributed by atoms with Crippen LogP contribution in [0.25, 0.3) is 0 Å².